The molecule has 0 amide bonds. The number of aliphatic hydroxyl groups excluding tert-OH is 1. The highest BCUT2D eigenvalue weighted by atomic mass is 16.5. The van der Waals surface area contributed by atoms with E-state index < -0.39 is 6.10 Å². The third-order valence-electron chi connectivity index (χ3n) is 4.82. The van der Waals surface area contributed by atoms with Gasteiger partial charge in [0.2, 0.25) is 0 Å². The molecule has 2 rings (SSSR count). The first kappa shape index (κ1) is 23.7. The molecule has 2 aromatic rings. The molecule has 0 spiro atoms. The lowest BCUT2D eigenvalue weighted by Gasteiger charge is -2.16. The van der Waals surface area contributed by atoms with Crippen LogP contribution in [0.1, 0.15) is 76.5 Å². The van der Waals surface area contributed by atoms with E-state index in [0.29, 0.717) is 25.0 Å². The van der Waals surface area contributed by atoms with Gasteiger partial charge in [-0.1, -0.05) is 31.1 Å². The maximum Gasteiger partial charge on any atom is 0.191 e. The van der Waals surface area contributed by atoms with E-state index in [1.807, 2.05) is 51.1 Å². The van der Waals surface area contributed by atoms with Gasteiger partial charge in [-0.3, -0.25) is 0 Å². The van der Waals surface area contributed by atoms with Crippen LogP contribution in [0, 0.1) is 0 Å². The molecule has 30 heavy (non-hydrogen) atoms. The molecule has 1 aromatic carbocycles. The van der Waals surface area contributed by atoms with Crippen molar-refractivity contribution in [3.05, 3.63) is 47.3 Å². The molecular formula is C23H36N4O3. The summed E-state index contributed by atoms with van der Waals surface area (Å²) >= 11 is 0. The molecule has 0 saturated carbocycles. The number of aliphatic hydroxyl groups is 1. The SMILES string of the molecule is CCNC(=NCc1cc(C(CC)CC)no1)NCC(O)c1ccc(OC(C)C)cc1. The molecule has 1 unspecified atom stereocenters. The van der Waals surface area contributed by atoms with Crippen molar-refractivity contribution in [3.63, 3.8) is 0 Å². The zero-order valence-electron chi connectivity index (χ0n) is 18.8. The second-order valence-corrected chi connectivity index (χ2v) is 7.56. The molecule has 0 aliphatic carbocycles. The number of rotatable bonds is 11. The van der Waals surface area contributed by atoms with Crippen LogP contribution in [0.25, 0.3) is 0 Å². The Kier molecular flexibility index (Phi) is 9.67. The van der Waals surface area contributed by atoms with E-state index in [-0.39, 0.29) is 6.10 Å². The Morgan fingerprint density at radius 2 is 1.83 bits per heavy atom. The molecule has 3 N–H and O–H groups in total. The van der Waals surface area contributed by atoms with Crippen LogP contribution in [0.4, 0.5) is 0 Å². The number of guanidine groups is 1. The van der Waals surface area contributed by atoms with Crippen LogP contribution in [0.2, 0.25) is 0 Å². The topological polar surface area (TPSA) is 91.9 Å². The van der Waals surface area contributed by atoms with E-state index in [1.165, 1.54) is 0 Å². The molecule has 0 bridgehead atoms. The van der Waals surface area contributed by atoms with Crippen molar-refractivity contribution in [2.75, 3.05) is 13.1 Å². The molecule has 0 fully saturated rings. The number of nitrogens with one attached hydrogen (secondary N) is 2. The summed E-state index contributed by atoms with van der Waals surface area (Å²) in [7, 11) is 0. The van der Waals surface area contributed by atoms with Crippen LogP contribution in [-0.4, -0.2) is 35.4 Å². The first-order valence-corrected chi connectivity index (χ1v) is 10.9. The molecule has 166 valence electrons. The zero-order chi connectivity index (χ0) is 21.9. The van der Waals surface area contributed by atoms with Crippen LogP contribution < -0.4 is 15.4 Å². The van der Waals surface area contributed by atoms with E-state index in [1.54, 1.807) is 0 Å². The lowest BCUT2D eigenvalue weighted by molar-refractivity contribution is 0.180. The van der Waals surface area contributed by atoms with Gasteiger partial charge in [-0.25, -0.2) is 4.99 Å². The fourth-order valence-electron chi connectivity index (χ4n) is 3.15. The quantitative estimate of drug-likeness (QED) is 0.376. The van der Waals surface area contributed by atoms with Gasteiger partial charge in [0.1, 0.15) is 12.3 Å². The monoisotopic (exact) mass is 416 g/mol. The van der Waals surface area contributed by atoms with Crippen molar-refractivity contribution in [1.82, 2.24) is 15.8 Å². The third kappa shape index (κ3) is 7.37. The van der Waals surface area contributed by atoms with Gasteiger partial charge in [0.25, 0.3) is 0 Å². The van der Waals surface area contributed by atoms with Crippen molar-refractivity contribution >= 4 is 5.96 Å². The summed E-state index contributed by atoms with van der Waals surface area (Å²) in [5.74, 6) is 2.57. The lowest BCUT2D eigenvalue weighted by Crippen LogP contribution is -2.39. The summed E-state index contributed by atoms with van der Waals surface area (Å²) in [5.41, 5.74) is 1.81. The molecule has 1 heterocycles. The summed E-state index contributed by atoms with van der Waals surface area (Å²) in [6.07, 6.45) is 1.54. The highest BCUT2D eigenvalue weighted by Gasteiger charge is 2.13. The Bertz CT molecular complexity index is 767. The molecular weight excluding hydrogens is 380 g/mol. The number of hydrogen-bond donors (Lipinski definition) is 3. The summed E-state index contributed by atoms with van der Waals surface area (Å²) in [6, 6.07) is 9.49. The number of benzene rings is 1. The van der Waals surface area contributed by atoms with Gasteiger partial charge >= 0.3 is 0 Å². The predicted molar refractivity (Wildman–Crippen MR) is 120 cm³/mol. The molecule has 1 aromatic heterocycles. The van der Waals surface area contributed by atoms with E-state index in [2.05, 4.69) is 34.6 Å². The van der Waals surface area contributed by atoms with Crippen LogP contribution in [0.5, 0.6) is 5.75 Å². The Balaban J connectivity index is 1.93. The average molecular weight is 417 g/mol. The summed E-state index contributed by atoms with van der Waals surface area (Å²) in [6.45, 7) is 11.7. The number of aromatic nitrogens is 1. The summed E-state index contributed by atoms with van der Waals surface area (Å²) < 4.78 is 11.1. The smallest absolute Gasteiger partial charge is 0.191 e. The van der Waals surface area contributed by atoms with Gasteiger partial charge in [-0.2, -0.15) is 0 Å². The van der Waals surface area contributed by atoms with Crippen molar-refractivity contribution in [2.45, 2.75) is 72.1 Å². The second-order valence-electron chi connectivity index (χ2n) is 7.56. The van der Waals surface area contributed by atoms with Gasteiger partial charge in [0.15, 0.2) is 11.7 Å². The standard InChI is InChI=1S/C23H36N4O3/c1-6-17(7-2)21-13-20(30-27-21)14-25-23(24-8-3)26-15-22(28)18-9-11-19(12-10-18)29-16(4)5/h9-13,16-17,22,28H,6-8,14-15H2,1-5H3,(H2,24,25,26). The van der Waals surface area contributed by atoms with Gasteiger partial charge in [0, 0.05) is 25.1 Å². The van der Waals surface area contributed by atoms with Gasteiger partial charge in [-0.15, -0.1) is 0 Å². The first-order valence-electron chi connectivity index (χ1n) is 10.9. The largest absolute Gasteiger partial charge is 0.491 e. The number of aliphatic imine (C=N–C) groups is 1. The van der Waals surface area contributed by atoms with Gasteiger partial charge in [0.05, 0.1) is 17.9 Å². The van der Waals surface area contributed by atoms with Crippen LogP contribution in [0.3, 0.4) is 0 Å². The molecule has 1 atom stereocenters. The number of hydrogen-bond acceptors (Lipinski definition) is 5. The van der Waals surface area contributed by atoms with E-state index in [0.717, 1.165) is 42.2 Å². The molecule has 0 saturated heterocycles. The number of ether oxygens (including phenoxy) is 1. The van der Waals surface area contributed by atoms with Crippen LogP contribution in [-0.2, 0) is 6.54 Å². The maximum atomic E-state index is 10.5. The first-order chi connectivity index (χ1) is 14.5. The fourth-order valence-corrected chi connectivity index (χ4v) is 3.15. The van der Waals surface area contributed by atoms with Crippen molar-refractivity contribution < 1.29 is 14.4 Å². The fraction of sp³-hybridized carbons (Fsp3) is 0.565. The Labute approximate surface area is 179 Å². The predicted octanol–water partition coefficient (Wildman–Crippen LogP) is 4.15. The Morgan fingerprint density at radius 1 is 1.13 bits per heavy atom. The van der Waals surface area contributed by atoms with E-state index in [4.69, 9.17) is 9.26 Å². The lowest BCUT2D eigenvalue weighted by atomic mass is 9.99. The van der Waals surface area contributed by atoms with Crippen LogP contribution in [0.15, 0.2) is 39.8 Å². The normalized spacial score (nSPS) is 13.0. The average Bonchev–Trinajstić information content (AvgIpc) is 3.19. The number of nitrogens with zero attached hydrogens (tertiary/aromatic N) is 2. The minimum Gasteiger partial charge on any atom is -0.491 e. The maximum absolute atomic E-state index is 10.5. The van der Waals surface area contributed by atoms with Crippen molar-refractivity contribution in [1.29, 1.82) is 0 Å². The molecule has 7 nitrogen and oxygen atoms in total. The zero-order valence-corrected chi connectivity index (χ0v) is 18.8. The van der Waals surface area contributed by atoms with Crippen molar-refractivity contribution in [2.24, 2.45) is 4.99 Å². The molecule has 0 aliphatic heterocycles. The van der Waals surface area contributed by atoms with E-state index in [9.17, 15) is 5.11 Å². The summed E-state index contributed by atoms with van der Waals surface area (Å²) in [5, 5.41) is 21.1. The van der Waals surface area contributed by atoms with E-state index >= 15 is 0 Å². The van der Waals surface area contributed by atoms with Crippen LogP contribution >= 0.6 is 0 Å². The summed E-state index contributed by atoms with van der Waals surface area (Å²) in [4.78, 5) is 4.55. The molecule has 7 heteroatoms. The highest BCUT2D eigenvalue weighted by Crippen LogP contribution is 2.22. The van der Waals surface area contributed by atoms with Gasteiger partial charge < -0.3 is 25.0 Å². The molecule has 0 aliphatic rings. The minimum absolute atomic E-state index is 0.122. The Hall–Kier alpha value is -2.54. The van der Waals surface area contributed by atoms with Gasteiger partial charge in [-0.05, 0) is 51.3 Å². The second kappa shape index (κ2) is 12.2. The molecule has 0 radical (unpaired) electrons. The Morgan fingerprint density at radius 3 is 2.43 bits per heavy atom. The highest BCUT2D eigenvalue weighted by molar-refractivity contribution is 5.79. The minimum atomic E-state index is -0.659. The third-order valence-corrected chi connectivity index (χ3v) is 4.82. The van der Waals surface area contributed by atoms with Crippen molar-refractivity contribution in [3.8, 4) is 5.75 Å².